The van der Waals surface area contributed by atoms with Crippen LogP contribution in [0.25, 0.3) is 0 Å². The number of rotatable bonds is 30. The summed E-state index contributed by atoms with van der Waals surface area (Å²) in [6.45, 7) is 12.3. The van der Waals surface area contributed by atoms with Crippen molar-refractivity contribution in [1.29, 1.82) is 5.26 Å². The van der Waals surface area contributed by atoms with Gasteiger partial charge in [0.15, 0.2) is 0 Å². The van der Waals surface area contributed by atoms with E-state index in [9.17, 15) is 8.42 Å². The third kappa shape index (κ3) is 24.3. The van der Waals surface area contributed by atoms with Crippen LogP contribution in [0, 0.1) is 11.3 Å². The molecule has 0 aromatic heterocycles. The van der Waals surface area contributed by atoms with Gasteiger partial charge in [0, 0.05) is 18.6 Å². The molecule has 238 valence electrons. The summed E-state index contributed by atoms with van der Waals surface area (Å²) in [6, 6.07) is 2.72. The Kier molecular flexibility index (Phi) is 27.3. The van der Waals surface area contributed by atoms with Gasteiger partial charge in [-0.05, 0) is 47.0 Å². The van der Waals surface area contributed by atoms with Gasteiger partial charge >= 0.3 is 0 Å². The second-order valence-electron chi connectivity index (χ2n) is 11.6. The Morgan fingerprint density at radius 2 is 1.15 bits per heavy atom. The molecule has 0 aliphatic carbocycles. The molecule has 0 saturated heterocycles. The van der Waals surface area contributed by atoms with E-state index >= 15 is 0 Å². The number of unbranched alkanes of at least 4 members (excludes halogenated alkanes) is 16. The SMILES string of the molecule is CCCCCCCCCCCCCCCCS(=O)(=O)NCCCCCCOP(OCCC#N)N(C(C)C)C(C)C. The average Bonchev–Trinajstić information content (AvgIpc) is 2.89. The molecule has 0 heterocycles. The van der Waals surface area contributed by atoms with Gasteiger partial charge in [-0.15, -0.1) is 0 Å². The highest BCUT2D eigenvalue weighted by Gasteiger charge is 2.26. The highest BCUT2D eigenvalue weighted by molar-refractivity contribution is 7.89. The van der Waals surface area contributed by atoms with Gasteiger partial charge in [0.25, 0.3) is 8.53 Å². The first-order valence-electron chi connectivity index (χ1n) is 16.4. The predicted molar refractivity (Wildman–Crippen MR) is 172 cm³/mol. The number of nitriles is 1. The van der Waals surface area contributed by atoms with Gasteiger partial charge in [-0.1, -0.05) is 103 Å². The summed E-state index contributed by atoms with van der Waals surface area (Å²) < 4.78 is 41.6. The van der Waals surface area contributed by atoms with Crippen molar-refractivity contribution in [2.45, 2.75) is 169 Å². The summed E-state index contributed by atoms with van der Waals surface area (Å²) in [7, 11) is -4.35. The molecule has 0 amide bonds. The molecule has 0 radical (unpaired) electrons. The summed E-state index contributed by atoms with van der Waals surface area (Å²) >= 11 is 0. The molecule has 9 heteroatoms. The van der Waals surface area contributed by atoms with Crippen LogP contribution >= 0.6 is 8.53 Å². The molecular formula is C31H64N3O4PS. The normalized spacial score (nSPS) is 13.0. The van der Waals surface area contributed by atoms with E-state index in [1.807, 2.05) is 0 Å². The molecule has 1 unspecified atom stereocenters. The van der Waals surface area contributed by atoms with E-state index in [0.29, 0.717) is 38.3 Å². The van der Waals surface area contributed by atoms with Crippen LogP contribution in [0.2, 0.25) is 0 Å². The van der Waals surface area contributed by atoms with E-state index in [0.717, 1.165) is 44.9 Å². The van der Waals surface area contributed by atoms with Crippen LogP contribution in [0.4, 0.5) is 0 Å². The quantitative estimate of drug-likeness (QED) is 0.0648. The number of nitrogens with zero attached hydrogens (tertiary/aromatic N) is 2. The van der Waals surface area contributed by atoms with Gasteiger partial charge in [0.1, 0.15) is 0 Å². The first kappa shape index (κ1) is 39.7. The van der Waals surface area contributed by atoms with Gasteiger partial charge in [0.05, 0.1) is 31.5 Å². The Balaban J connectivity index is 3.77. The van der Waals surface area contributed by atoms with Gasteiger partial charge in [0.2, 0.25) is 10.0 Å². The summed E-state index contributed by atoms with van der Waals surface area (Å²) in [6.07, 6.45) is 21.9. The maximum absolute atomic E-state index is 12.3. The van der Waals surface area contributed by atoms with Crippen molar-refractivity contribution in [3.05, 3.63) is 0 Å². The number of sulfonamides is 1. The minimum atomic E-state index is -3.16. The zero-order chi connectivity index (χ0) is 29.9. The zero-order valence-corrected chi connectivity index (χ0v) is 28.5. The monoisotopic (exact) mass is 605 g/mol. The van der Waals surface area contributed by atoms with Gasteiger partial charge < -0.3 is 9.05 Å². The molecule has 0 aromatic carbocycles. The third-order valence-electron chi connectivity index (χ3n) is 7.02. The summed E-state index contributed by atoms with van der Waals surface area (Å²) in [5.41, 5.74) is 0. The van der Waals surface area contributed by atoms with Crippen molar-refractivity contribution in [3.63, 3.8) is 0 Å². The maximum Gasteiger partial charge on any atom is 0.259 e. The summed E-state index contributed by atoms with van der Waals surface area (Å²) in [5.74, 6) is 0.246. The molecule has 0 fully saturated rings. The molecule has 0 saturated carbocycles. The van der Waals surface area contributed by atoms with Gasteiger partial charge in [-0.2, -0.15) is 5.26 Å². The second-order valence-corrected chi connectivity index (χ2v) is 15.0. The van der Waals surface area contributed by atoms with Crippen molar-refractivity contribution in [2.24, 2.45) is 0 Å². The minimum absolute atomic E-state index is 0.246. The van der Waals surface area contributed by atoms with Crippen LogP contribution < -0.4 is 4.72 Å². The highest BCUT2D eigenvalue weighted by Crippen LogP contribution is 2.46. The van der Waals surface area contributed by atoms with E-state index < -0.39 is 18.5 Å². The fourth-order valence-corrected chi connectivity index (χ4v) is 7.64. The molecule has 0 bridgehead atoms. The van der Waals surface area contributed by atoms with Crippen molar-refractivity contribution < 1.29 is 17.5 Å². The molecule has 0 aromatic rings. The standard InChI is InChI=1S/C31H64N3O4PS/c1-6-7-8-9-10-11-12-13-14-15-16-17-20-23-29-40(35,36)33-26-21-18-19-22-27-37-39(38-28-24-25-32)34(30(2)3)31(4)5/h30-31,33H,6-24,26-29H2,1-5H3. The summed E-state index contributed by atoms with van der Waals surface area (Å²) in [4.78, 5) is 0. The van der Waals surface area contributed by atoms with E-state index in [4.69, 9.17) is 14.3 Å². The lowest BCUT2D eigenvalue weighted by Crippen LogP contribution is -2.33. The molecule has 40 heavy (non-hydrogen) atoms. The maximum atomic E-state index is 12.3. The Hall–Kier alpha value is -0.290. The number of hydrogen-bond acceptors (Lipinski definition) is 6. The van der Waals surface area contributed by atoms with Crippen LogP contribution in [0.1, 0.15) is 157 Å². The zero-order valence-electron chi connectivity index (χ0n) is 26.8. The Morgan fingerprint density at radius 1 is 0.700 bits per heavy atom. The van der Waals surface area contributed by atoms with Crippen molar-refractivity contribution in [3.8, 4) is 6.07 Å². The van der Waals surface area contributed by atoms with E-state index in [2.05, 4.69) is 50.1 Å². The topological polar surface area (TPSA) is 91.7 Å². The van der Waals surface area contributed by atoms with Crippen LogP contribution in [-0.2, 0) is 19.1 Å². The van der Waals surface area contributed by atoms with E-state index in [1.165, 1.54) is 70.6 Å². The first-order valence-corrected chi connectivity index (χ1v) is 19.2. The van der Waals surface area contributed by atoms with Gasteiger partial charge in [-0.3, -0.25) is 0 Å². The Morgan fingerprint density at radius 3 is 1.65 bits per heavy atom. The molecule has 7 nitrogen and oxygen atoms in total. The van der Waals surface area contributed by atoms with Crippen LogP contribution in [0.5, 0.6) is 0 Å². The number of hydrogen-bond donors (Lipinski definition) is 1. The van der Waals surface area contributed by atoms with Crippen LogP contribution in [0.15, 0.2) is 0 Å². The third-order valence-corrected chi connectivity index (χ3v) is 10.6. The number of nitrogens with one attached hydrogen (secondary N) is 1. The fraction of sp³-hybridized carbons (Fsp3) is 0.968. The largest absolute Gasteiger partial charge is 0.322 e. The predicted octanol–water partition coefficient (Wildman–Crippen LogP) is 9.24. The van der Waals surface area contributed by atoms with Crippen LogP contribution in [-0.4, -0.2) is 50.7 Å². The Labute approximate surface area is 250 Å². The molecule has 0 aliphatic heterocycles. The second kappa shape index (κ2) is 27.5. The molecule has 1 N–H and O–H groups in total. The first-order chi connectivity index (χ1) is 19.2. The minimum Gasteiger partial charge on any atom is -0.322 e. The Bertz CT molecular complexity index is 693. The van der Waals surface area contributed by atoms with Crippen molar-refractivity contribution in [2.75, 3.05) is 25.5 Å². The van der Waals surface area contributed by atoms with Crippen LogP contribution in [0.3, 0.4) is 0 Å². The molecule has 1 atom stereocenters. The lowest BCUT2D eigenvalue weighted by Gasteiger charge is -2.35. The fourth-order valence-electron chi connectivity index (χ4n) is 4.82. The summed E-state index contributed by atoms with van der Waals surface area (Å²) in [5, 5.41) is 8.81. The lowest BCUT2D eigenvalue weighted by atomic mass is 10.0. The highest BCUT2D eigenvalue weighted by atomic mass is 32.2. The molecule has 0 rings (SSSR count). The van der Waals surface area contributed by atoms with E-state index in [1.54, 1.807) is 0 Å². The van der Waals surface area contributed by atoms with Crippen molar-refractivity contribution in [1.82, 2.24) is 9.39 Å². The smallest absolute Gasteiger partial charge is 0.259 e. The molecule has 0 aliphatic rings. The molecular weight excluding hydrogens is 541 g/mol. The van der Waals surface area contributed by atoms with Gasteiger partial charge in [-0.25, -0.2) is 17.8 Å². The lowest BCUT2D eigenvalue weighted by molar-refractivity contribution is 0.174. The van der Waals surface area contributed by atoms with Crippen molar-refractivity contribution >= 4 is 18.5 Å². The average molecular weight is 606 g/mol. The molecule has 0 spiro atoms. The van der Waals surface area contributed by atoms with E-state index in [-0.39, 0.29) is 5.75 Å².